The molecule has 1 aliphatic carbocycles. The van der Waals surface area contributed by atoms with Crippen molar-refractivity contribution in [1.82, 2.24) is 0 Å². The molecule has 0 amide bonds. The van der Waals surface area contributed by atoms with Crippen LogP contribution in [0.5, 0.6) is 0 Å². The fraction of sp³-hybridized carbons (Fsp3) is 1.00. The lowest BCUT2D eigenvalue weighted by Crippen LogP contribution is -2.62. The highest BCUT2D eigenvalue weighted by atomic mass is 19.3. The summed E-state index contributed by atoms with van der Waals surface area (Å²) in [6, 6.07) is 0. The fourth-order valence-corrected chi connectivity index (χ4v) is 1.34. The molecular formula is C7H10F4O. The van der Waals surface area contributed by atoms with Gasteiger partial charge in [-0.1, -0.05) is 6.92 Å². The van der Waals surface area contributed by atoms with E-state index in [-0.39, 0.29) is 6.42 Å². The Balaban J connectivity index is 2.65. The number of rotatable bonds is 2. The molecule has 0 aromatic rings. The molecule has 0 aromatic carbocycles. The summed E-state index contributed by atoms with van der Waals surface area (Å²) in [7, 11) is 0. The van der Waals surface area contributed by atoms with Gasteiger partial charge in [0.1, 0.15) is 0 Å². The molecule has 0 aromatic heterocycles. The molecule has 1 saturated carbocycles. The van der Waals surface area contributed by atoms with Gasteiger partial charge in [-0.2, -0.15) is 17.6 Å². The van der Waals surface area contributed by atoms with Crippen LogP contribution < -0.4 is 0 Å². The lowest BCUT2D eigenvalue weighted by atomic mass is 9.73. The van der Waals surface area contributed by atoms with Crippen molar-refractivity contribution in [2.75, 3.05) is 0 Å². The molecule has 2 atom stereocenters. The van der Waals surface area contributed by atoms with Crippen molar-refractivity contribution in [1.29, 1.82) is 0 Å². The first-order valence-corrected chi connectivity index (χ1v) is 3.76. The molecular weight excluding hydrogens is 176 g/mol. The first kappa shape index (κ1) is 9.77. The van der Waals surface area contributed by atoms with E-state index in [0.717, 1.165) is 0 Å². The predicted octanol–water partition coefficient (Wildman–Crippen LogP) is 2.05. The maximum Gasteiger partial charge on any atom is 0.315 e. The van der Waals surface area contributed by atoms with Gasteiger partial charge in [-0.05, 0) is 6.42 Å². The van der Waals surface area contributed by atoms with Crippen LogP contribution in [0.15, 0.2) is 0 Å². The van der Waals surface area contributed by atoms with Crippen molar-refractivity contribution in [3.8, 4) is 0 Å². The number of alkyl halides is 4. The van der Waals surface area contributed by atoms with Gasteiger partial charge in [-0.25, -0.2) is 0 Å². The van der Waals surface area contributed by atoms with Crippen LogP contribution >= 0.6 is 0 Å². The highest BCUT2D eigenvalue weighted by molar-refractivity contribution is 5.05. The van der Waals surface area contributed by atoms with E-state index in [1.807, 2.05) is 0 Å². The van der Waals surface area contributed by atoms with Crippen molar-refractivity contribution in [3.05, 3.63) is 0 Å². The smallest absolute Gasteiger partial charge is 0.315 e. The SMILES string of the molecule is CCC(O)C1CC(F)(F)C1(F)F. The monoisotopic (exact) mass is 186 g/mol. The summed E-state index contributed by atoms with van der Waals surface area (Å²) in [5.41, 5.74) is 0. The highest BCUT2D eigenvalue weighted by Crippen LogP contribution is 2.56. The van der Waals surface area contributed by atoms with E-state index in [1.165, 1.54) is 6.92 Å². The van der Waals surface area contributed by atoms with E-state index >= 15 is 0 Å². The molecule has 1 rings (SSSR count). The lowest BCUT2D eigenvalue weighted by Gasteiger charge is -2.45. The topological polar surface area (TPSA) is 20.2 Å². The van der Waals surface area contributed by atoms with Crippen LogP contribution in [0.2, 0.25) is 0 Å². The summed E-state index contributed by atoms with van der Waals surface area (Å²) in [6.45, 7) is 1.48. The van der Waals surface area contributed by atoms with Gasteiger partial charge in [0.25, 0.3) is 0 Å². The van der Waals surface area contributed by atoms with Crippen LogP contribution in [0.3, 0.4) is 0 Å². The first-order valence-electron chi connectivity index (χ1n) is 3.76. The van der Waals surface area contributed by atoms with Crippen LogP contribution in [0.1, 0.15) is 19.8 Å². The van der Waals surface area contributed by atoms with E-state index in [4.69, 9.17) is 5.11 Å². The largest absolute Gasteiger partial charge is 0.393 e. The lowest BCUT2D eigenvalue weighted by molar-refractivity contribution is -0.329. The number of hydrogen-bond acceptors (Lipinski definition) is 1. The van der Waals surface area contributed by atoms with E-state index in [2.05, 4.69) is 0 Å². The minimum atomic E-state index is -4.03. The van der Waals surface area contributed by atoms with Crippen molar-refractivity contribution in [2.45, 2.75) is 37.7 Å². The predicted molar refractivity (Wildman–Crippen MR) is 34.3 cm³/mol. The van der Waals surface area contributed by atoms with E-state index in [1.54, 1.807) is 0 Å². The average Bonchev–Trinajstić information content (AvgIpc) is 1.99. The van der Waals surface area contributed by atoms with Crippen molar-refractivity contribution < 1.29 is 22.7 Å². The summed E-state index contributed by atoms with van der Waals surface area (Å²) < 4.78 is 49.4. The second kappa shape index (κ2) is 2.58. The zero-order valence-electron chi connectivity index (χ0n) is 6.53. The molecule has 0 saturated heterocycles. The second-order valence-corrected chi connectivity index (χ2v) is 3.11. The van der Waals surface area contributed by atoms with E-state index in [9.17, 15) is 17.6 Å². The molecule has 1 fully saturated rings. The summed E-state index contributed by atoms with van der Waals surface area (Å²) in [5, 5.41) is 8.93. The maximum atomic E-state index is 12.5. The van der Waals surface area contributed by atoms with E-state index < -0.39 is 30.3 Å². The Morgan fingerprint density at radius 1 is 1.42 bits per heavy atom. The minimum Gasteiger partial charge on any atom is -0.393 e. The van der Waals surface area contributed by atoms with Gasteiger partial charge >= 0.3 is 11.8 Å². The van der Waals surface area contributed by atoms with Gasteiger partial charge in [0, 0.05) is 6.42 Å². The van der Waals surface area contributed by atoms with Crippen LogP contribution in [-0.4, -0.2) is 23.1 Å². The van der Waals surface area contributed by atoms with Gasteiger partial charge in [0.2, 0.25) is 0 Å². The fourth-order valence-electron chi connectivity index (χ4n) is 1.34. The minimum absolute atomic E-state index is 0.0797. The van der Waals surface area contributed by atoms with Crippen molar-refractivity contribution >= 4 is 0 Å². The molecule has 2 unspecified atom stereocenters. The Morgan fingerprint density at radius 3 is 2.17 bits per heavy atom. The molecule has 0 bridgehead atoms. The maximum absolute atomic E-state index is 12.5. The Hall–Kier alpha value is -0.320. The third-order valence-electron chi connectivity index (χ3n) is 2.31. The second-order valence-electron chi connectivity index (χ2n) is 3.11. The molecule has 72 valence electrons. The van der Waals surface area contributed by atoms with Crippen molar-refractivity contribution in [3.63, 3.8) is 0 Å². The van der Waals surface area contributed by atoms with Crippen LogP contribution in [0.4, 0.5) is 17.6 Å². The van der Waals surface area contributed by atoms with Crippen LogP contribution in [0, 0.1) is 5.92 Å². The van der Waals surface area contributed by atoms with Gasteiger partial charge in [-0.15, -0.1) is 0 Å². The normalized spacial score (nSPS) is 34.0. The third kappa shape index (κ3) is 1.11. The van der Waals surface area contributed by atoms with Gasteiger partial charge in [-0.3, -0.25) is 0 Å². The number of aliphatic hydroxyl groups is 1. The highest BCUT2D eigenvalue weighted by Gasteiger charge is 2.72. The number of hydrogen-bond donors (Lipinski definition) is 1. The zero-order valence-corrected chi connectivity index (χ0v) is 6.53. The zero-order chi connectivity index (χ0) is 9.57. The molecule has 1 aliphatic rings. The van der Waals surface area contributed by atoms with Gasteiger partial charge < -0.3 is 5.11 Å². The third-order valence-corrected chi connectivity index (χ3v) is 2.31. The quantitative estimate of drug-likeness (QED) is 0.654. The first-order chi connectivity index (χ1) is 5.33. The summed E-state index contributed by atoms with van der Waals surface area (Å²) >= 11 is 0. The standard InChI is InChI=1S/C7H10F4O/c1-2-5(12)4-3-6(8,9)7(4,10)11/h4-5,12H,2-3H2,1H3. The number of aliphatic hydroxyl groups excluding tert-OH is 1. The van der Waals surface area contributed by atoms with Crippen molar-refractivity contribution in [2.24, 2.45) is 5.92 Å². The number of halogens is 4. The molecule has 5 heteroatoms. The van der Waals surface area contributed by atoms with Gasteiger partial charge in [0.15, 0.2) is 0 Å². The summed E-state index contributed by atoms with van der Waals surface area (Å²) in [5.74, 6) is -9.52. The Labute approximate surface area is 67.4 Å². The van der Waals surface area contributed by atoms with Gasteiger partial charge in [0.05, 0.1) is 12.0 Å². The van der Waals surface area contributed by atoms with Crippen LogP contribution in [-0.2, 0) is 0 Å². The van der Waals surface area contributed by atoms with E-state index in [0.29, 0.717) is 0 Å². The molecule has 0 spiro atoms. The Kier molecular flexibility index (Phi) is 2.10. The molecule has 0 heterocycles. The summed E-state index contributed by atoms with van der Waals surface area (Å²) in [6.07, 6.45) is -2.15. The molecule has 12 heavy (non-hydrogen) atoms. The molecule has 1 N–H and O–H groups in total. The Morgan fingerprint density at radius 2 is 1.92 bits per heavy atom. The molecule has 1 nitrogen and oxygen atoms in total. The molecule has 0 radical (unpaired) electrons. The summed E-state index contributed by atoms with van der Waals surface area (Å²) in [4.78, 5) is 0. The average molecular weight is 186 g/mol. The Bertz CT molecular complexity index is 180. The molecule has 0 aliphatic heterocycles. The van der Waals surface area contributed by atoms with Crippen LogP contribution in [0.25, 0.3) is 0 Å².